The van der Waals surface area contributed by atoms with E-state index in [9.17, 15) is 17.2 Å². The molecular formula is C14H10F2N2O2S. The molecule has 0 unspecified atom stereocenters. The molecule has 108 valence electrons. The quantitative estimate of drug-likeness (QED) is 0.942. The molecule has 0 atom stereocenters. The normalized spacial score (nSPS) is 11.1. The topological polar surface area (TPSA) is 70.0 Å². The predicted molar refractivity (Wildman–Crippen MR) is 71.5 cm³/mol. The molecule has 0 saturated heterocycles. The molecule has 2 aromatic carbocycles. The van der Waals surface area contributed by atoms with Gasteiger partial charge in [-0.3, -0.25) is 0 Å². The van der Waals surface area contributed by atoms with Gasteiger partial charge in [-0.25, -0.2) is 21.9 Å². The summed E-state index contributed by atoms with van der Waals surface area (Å²) in [6, 6.07) is 10.2. The van der Waals surface area contributed by atoms with Crippen LogP contribution in [-0.2, 0) is 16.6 Å². The van der Waals surface area contributed by atoms with Crippen molar-refractivity contribution in [2.24, 2.45) is 0 Å². The minimum Gasteiger partial charge on any atom is -0.207 e. The van der Waals surface area contributed by atoms with Crippen LogP contribution >= 0.6 is 0 Å². The number of halogens is 2. The molecule has 0 aromatic heterocycles. The molecular weight excluding hydrogens is 298 g/mol. The molecule has 0 radical (unpaired) electrons. The molecule has 0 heterocycles. The number of nitrogens with one attached hydrogen (secondary N) is 1. The standard InChI is InChI=1S/C14H10F2N2O2S/c15-13-4-2-1-3-10(13)9-18-21(19,20)12-5-6-14(16)11(7-12)8-17/h1-7,18H,9H2. The molecule has 0 bridgehead atoms. The van der Waals surface area contributed by atoms with Crippen molar-refractivity contribution < 1.29 is 17.2 Å². The van der Waals surface area contributed by atoms with E-state index in [1.54, 1.807) is 12.1 Å². The summed E-state index contributed by atoms with van der Waals surface area (Å²) in [5.41, 5.74) is -0.188. The molecule has 0 saturated carbocycles. The third kappa shape index (κ3) is 3.42. The number of sulfonamides is 1. The van der Waals surface area contributed by atoms with Gasteiger partial charge in [-0.15, -0.1) is 0 Å². The van der Waals surface area contributed by atoms with Gasteiger partial charge in [0.05, 0.1) is 10.5 Å². The van der Waals surface area contributed by atoms with Crippen LogP contribution in [0.25, 0.3) is 0 Å². The van der Waals surface area contributed by atoms with Gasteiger partial charge in [0.25, 0.3) is 0 Å². The second-order valence-corrected chi connectivity index (χ2v) is 5.94. The largest absolute Gasteiger partial charge is 0.240 e. The lowest BCUT2D eigenvalue weighted by atomic mass is 10.2. The highest BCUT2D eigenvalue weighted by molar-refractivity contribution is 7.89. The zero-order valence-corrected chi connectivity index (χ0v) is 11.5. The van der Waals surface area contributed by atoms with Gasteiger partial charge < -0.3 is 0 Å². The summed E-state index contributed by atoms with van der Waals surface area (Å²) in [5, 5.41) is 8.70. The van der Waals surface area contributed by atoms with Crippen molar-refractivity contribution in [1.82, 2.24) is 4.72 Å². The smallest absolute Gasteiger partial charge is 0.207 e. The molecule has 0 aliphatic heterocycles. The second-order valence-electron chi connectivity index (χ2n) is 4.17. The molecule has 0 amide bonds. The summed E-state index contributed by atoms with van der Waals surface area (Å²) in [5.74, 6) is -1.33. The van der Waals surface area contributed by atoms with Crippen LogP contribution in [0.4, 0.5) is 8.78 Å². The van der Waals surface area contributed by atoms with Gasteiger partial charge >= 0.3 is 0 Å². The lowest BCUT2D eigenvalue weighted by Gasteiger charge is -2.08. The van der Waals surface area contributed by atoms with Gasteiger partial charge in [-0.1, -0.05) is 18.2 Å². The fourth-order valence-corrected chi connectivity index (χ4v) is 2.69. The Balaban J connectivity index is 2.24. The van der Waals surface area contributed by atoms with Crippen molar-refractivity contribution >= 4 is 10.0 Å². The van der Waals surface area contributed by atoms with E-state index in [1.165, 1.54) is 18.2 Å². The van der Waals surface area contributed by atoms with E-state index in [0.29, 0.717) is 0 Å². The van der Waals surface area contributed by atoms with Crippen molar-refractivity contribution in [3.05, 3.63) is 65.2 Å². The molecule has 2 rings (SSSR count). The third-order valence-electron chi connectivity index (χ3n) is 2.78. The third-order valence-corrected chi connectivity index (χ3v) is 4.18. The van der Waals surface area contributed by atoms with Crippen molar-refractivity contribution in [3.8, 4) is 6.07 Å². The fraction of sp³-hybridized carbons (Fsp3) is 0.0714. The minimum absolute atomic E-state index is 0.184. The second kappa shape index (κ2) is 5.99. The van der Waals surface area contributed by atoms with Gasteiger partial charge in [0, 0.05) is 12.1 Å². The number of hydrogen-bond donors (Lipinski definition) is 1. The van der Waals surface area contributed by atoms with E-state index in [0.717, 1.165) is 18.2 Å². The lowest BCUT2D eigenvalue weighted by molar-refractivity contribution is 0.573. The maximum Gasteiger partial charge on any atom is 0.240 e. The van der Waals surface area contributed by atoms with Crippen LogP contribution in [0, 0.1) is 23.0 Å². The average Bonchev–Trinajstić information content (AvgIpc) is 2.46. The van der Waals surface area contributed by atoms with Gasteiger partial charge in [-0.2, -0.15) is 5.26 Å². The van der Waals surface area contributed by atoms with Crippen LogP contribution in [0.3, 0.4) is 0 Å². The number of rotatable bonds is 4. The predicted octanol–water partition coefficient (Wildman–Crippen LogP) is 2.31. The Kier molecular flexibility index (Phi) is 4.31. The Morgan fingerprint density at radius 1 is 1.10 bits per heavy atom. The zero-order valence-electron chi connectivity index (χ0n) is 10.7. The molecule has 2 aromatic rings. The van der Waals surface area contributed by atoms with E-state index in [4.69, 9.17) is 5.26 Å². The Hall–Kier alpha value is -2.30. The van der Waals surface area contributed by atoms with Gasteiger partial charge in [0.15, 0.2) is 0 Å². The Bertz CT molecular complexity index is 814. The average molecular weight is 308 g/mol. The number of nitriles is 1. The fourth-order valence-electron chi connectivity index (χ4n) is 1.66. The summed E-state index contributed by atoms with van der Waals surface area (Å²) in [7, 11) is -3.96. The molecule has 0 spiro atoms. The minimum atomic E-state index is -3.96. The van der Waals surface area contributed by atoms with Crippen molar-refractivity contribution in [1.29, 1.82) is 5.26 Å². The molecule has 0 aliphatic carbocycles. The van der Waals surface area contributed by atoms with E-state index in [-0.39, 0.29) is 22.6 Å². The van der Waals surface area contributed by atoms with Gasteiger partial charge in [0.2, 0.25) is 10.0 Å². The molecule has 21 heavy (non-hydrogen) atoms. The SMILES string of the molecule is N#Cc1cc(S(=O)(=O)NCc2ccccc2F)ccc1F. The lowest BCUT2D eigenvalue weighted by Crippen LogP contribution is -2.23. The Morgan fingerprint density at radius 2 is 1.81 bits per heavy atom. The molecule has 0 fully saturated rings. The first-order chi connectivity index (χ1) is 9.94. The van der Waals surface area contributed by atoms with Crippen molar-refractivity contribution in [2.75, 3.05) is 0 Å². The van der Waals surface area contributed by atoms with Crippen LogP contribution in [-0.4, -0.2) is 8.42 Å². The van der Waals surface area contributed by atoms with Crippen LogP contribution in [0.1, 0.15) is 11.1 Å². The van der Waals surface area contributed by atoms with E-state index in [1.807, 2.05) is 0 Å². The molecule has 4 nitrogen and oxygen atoms in total. The van der Waals surface area contributed by atoms with Crippen molar-refractivity contribution in [2.45, 2.75) is 11.4 Å². The highest BCUT2D eigenvalue weighted by atomic mass is 32.2. The van der Waals surface area contributed by atoms with Gasteiger partial charge in [0.1, 0.15) is 17.7 Å². The monoisotopic (exact) mass is 308 g/mol. The molecule has 1 N–H and O–H groups in total. The summed E-state index contributed by atoms with van der Waals surface area (Å²) in [6.07, 6.45) is 0. The van der Waals surface area contributed by atoms with Gasteiger partial charge in [-0.05, 0) is 24.3 Å². The number of nitrogens with zero attached hydrogens (tertiary/aromatic N) is 1. The van der Waals surface area contributed by atoms with Crippen LogP contribution < -0.4 is 4.72 Å². The van der Waals surface area contributed by atoms with E-state index >= 15 is 0 Å². The van der Waals surface area contributed by atoms with Crippen molar-refractivity contribution in [3.63, 3.8) is 0 Å². The summed E-state index contributed by atoms with van der Waals surface area (Å²) in [4.78, 5) is -0.253. The maximum atomic E-state index is 13.4. The Labute approximate surface area is 120 Å². The van der Waals surface area contributed by atoms with Crippen LogP contribution in [0.2, 0.25) is 0 Å². The van der Waals surface area contributed by atoms with Crippen LogP contribution in [0.5, 0.6) is 0 Å². The summed E-state index contributed by atoms with van der Waals surface area (Å²) < 4.78 is 52.9. The highest BCUT2D eigenvalue weighted by Crippen LogP contribution is 2.15. The maximum absolute atomic E-state index is 13.4. The summed E-state index contributed by atoms with van der Waals surface area (Å²) >= 11 is 0. The van der Waals surface area contributed by atoms with E-state index < -0.39 is 21.7 Å². The van der Waals surface area contributed by atoms with E-state index in [2.05, 4.69) is 4.72 Å². The number of benzene rings is 2. The number of hydrogen-bond acceptors (Lipinski definition) is 3. The zero-order chi connectivity index (χ0) is 15.5. The molecule has 0 aliphatic rings. The first kappa shape index (κ1) is 15.1. The first-order valence-electron chi connectivity index (χ1n) is 5.87. The summed E-state index contributed by atoms with van der Waals surface area (Å²) in [6.45, 7) is -0.242. The highest BCUT2D eigenvalue weighted by Gasteiger charge is 2.16. The molecule has 7 heteroatoms. The first-order valence-corrected chi connectivity index (χ1v) is 7.35. The Morgan fingerprint density at radius 3 is 2.48 bits per heavy atom. The van der Waals surface area contributed by atoms with Crippen LogP contribution in [0.15, 0.2) is 47.4 Å².